The van der Waals surface area contributed by atoms with Gasteiger partial charge in [0.25, 0.3) is 0 Å². The zero-order valence-corrected chi connectivity index (χ0v) is 11.5. The van der Waals surface area contributed by atoms with Crippen LogP contribution in [-0.4, -0.2) is 5.75 Å². The summed E-state index contributed by atoms with van der Waals surface area (Å²) in [6, 6.07) is 10.3. The van der Waals surface area contributed by atoms with Crippen molar-refractivity contribution < 1.29 is 8.78 Å². The van der Waals surface area contributed by atoms with E-state index in [4.69, 9.17) is 17.3 Å². The highest BCUT2D eigenvalue weighted by Crippen LogP contribution is 2.26. The van der Waals surface area contributed by atoms with Crippen LogP contribution in [0, 0.1) is 11.6 Å². The lowest BCUT2D eigenvalue weighted by atomic mass is 10.1. The molecule has 0 fully saturated rings. The second-order valence-electron chi connectivity index (χ2n) is 4.08. The van der Waals surface area contributed by atoms with Gasteiger partial charge < -0.3 is 5.73 Å². The number of nitrogens with two attached hydrogens (primary N) is 1. The van der Waals surface area contributed by atoms with Crippen LogP contribution in [0.15, 0.2) is 47.4 Å². The van der Waals surface area contributed by atoms with Crippen molar-refractivity contribution in [2.45, 2.75) is 10.9 Å². The van der Waals surface area contributed by atoms with Crippen molar-refractivity contribution in [2.75, 3.05) is 5.75 Å². The van der Waals surface area contributed by atoms with Crippen LogP contribution in [0.25, 0.3) is 0 Å². The smallest absolute Gasteiger partial charge is 0.126 e. The Hall–Kier alpha value is -1.10. The Bertz CT molecular complexity index is 557. The zero-order chi connectivity index (χ0) is 13.8. The number of rotatable bonds is 4. The topological polar surface area (TPSA) is 26.0 Å². The third-order valence-electron chi connectivity index (χ3n) is 2.54. The van der Waals surface area contributed by atoms with Crippen molar-refractivity contribution in [3.8, 4) is 0 Å². The van der Waals surface area contributed by atoms with E-state index in [-0.39, 0.29) is 0 Å². The summed E-state index contributed by atoms with van der Waals surface area (Å²) in [7, 11) is 0. The molecule has 0 amide bonds. The molecule has 2 aromatic rings. The lowest BCUT2D eigenvalue weighted by molar-refractivity contribution is 0.576. The van der Waals surface area contributed by atoms with Crippen LogP contribution in [0.1, 0.15) is 11.6 Å². The molecule has 0 aliphatic carbocycles. The molecule has 19 heavy (non-hydrogen) atoms. The molecule has 5 heteroatoms. The number of thioether (sulfide) groups is 1. The van der Waals surface area contributed by atoms with Crippen LogP contribution in [0.2, 0.25) is 5.02 Å². The Kier molecular flexibility index (Phi) is 4.80. The van der Waals surface area contributed by atoms with Gasteiger partial charge in [-0.3, -0.25) is 0 Å². The van der Waals surface area contributed by atoms with E-state index in [2.05, 4.69) is 0 Å². The fourth-order valence-electron chi connectivity index (χ4n) is 1.63. The first-order valence-corrected chi connectivity index (χ1v) is 7.01. The molecular weight excluding hydrogens is 288 g/mol. The average molecular weight is 300 g/mol. The Morgan fingerprint density at radius 1 is 1.11 bits per heavy atom. The van der Waals surface area contributed by atoms with E-state index in [1.807, 2.05) is 18.2 Å². The summed E-state index contributed by atoms with van der Waals surface area (Å²) in [4.78, 5) is 0.972. The first-order valence-electron chi connectivity index (χ1n) is 5.64. The fraction of sp³-hybridized carbons (Fsp3) is 0.143. The molecule has 1 unspecified atom stereocenters. The van der Waals surface area contributed by atoms with Gasteiger partial charge in [0.15, 0.2) is 0 Å². The van der Waals surface area contributed by atoms with Crippen molar-refractivity contribution in [3.05, 3.63) is 64.7 Å². The molecule has 0 saturated carbocycles. The molecule has 0 radical (unpaired) electrons. The SMILES string of the molecule is NC(CSc1cccc(Cl)c1)c1cc(F)cc(F)c1. The first kappa shape index (κ1) is 14.3. The minimum Gasteiger partial charge on any atom is -0.323 e. The highest BCUT2D eigenvalue weighted by molar-refractivity contribution is 7.99. The maximum atomic E-state index is 13.1. The lowest BCUT2D eigenvalue weighted by Gasteiger charge is -2.12. The normalized spacial score (nSPS) is 12.4. The van der Waals surface area contributed by atoms with Crippen LogP contribution in [-0.2, 0) is 0 Å². The molecule has 100 valence electrons. The van der Waals surface area contributed by atoms with Gasteiger partial charge in [0.2, 0.25) is 0 Å². The number of halogens is 3. The maximum absolute atomic E-state index is 13.1. The Balaban J connectivity index is 2.03. The van der Waals surface area contributed by atoms with Crippen LogP contribution < -0.4 is 5.73 Å². The van der Waals surface area contributed by atoms with E-state index in [9.17, 15) is 8.78 Å². The highest BCUT2D eigenvalue weighted by atomic mass is 35.5. The average Bonchev–Trinajstić information content (AvgIpc) is 2.35. The van der Waals surface area contributed by atoms with Gasteiger partial charge >= 0.3 is 0 Å². The minimum absolute atomic E-state index is 0.436. The quantitative estimate of drug-likeness (QED) is 0.846. The molecule has 2 N–H and O–H groups in total. The first-order chi connectivity index (χ1) is 9.04. The second kappa shape index (κ2) is 6.37. The predicted octanol–water partition coefficient (Wildman–Crippen LogP) is 4.41. The van der Waals surface area contributed by atoms with Gasteiger partial charge in [-0.05, 0) is 35.9 Å². The minimum atomic E-state index is -0.613. The summed E-state index contributed by atoms with van der Waals surface area (Å²) in [5.74, 6) is -0.708. The van der Waals surface area contributed by atoms with Crippen molar-refractivity contribution in [1.29, 1.82) is 0 Å². The van der Waals surface area contributed by atoms with Crippen LogP contribution in [0.4, 0.5) is 8.78 Å². The summed E-state index contributed by atoms with van der Waals surface area (Å²) in [5.41, 5.74) is 6.38. The van der Waals surface area contributed by atoms with Crippen LogP contribution in [0.3, 0.4) is 0 Å². The largest absolute Gasteiger partial charge is 0.323 e. The summed E-state index contributed by atoms with van der Waals surface area (Å²) in [6.07, 6.45) is 0. The van der Waals surface area contributed by atoms with E-state index >= 15 is 0 Å². The van der Waals surface area contributed by atoms with Gasteiger partial charge in [-0.2, -0.15) is 0 Å². The third-order valence-corrected chi connectivity index (χ3v) is 3.89. The van der Waals surface area contributed by atoms with Gasteiger partial charge in [-0.25, -0.2) is 8.78 Å². The fourth-order valence-corrected chi connectivity index (χ4v) is 2.83. The highest BCUT2D eigenvalue weighted by Gasteiger charge is 2.10. The van der Waals surface area contributed by atoms with Gasteiger partial charge in [0, 0.05) is 27.8 Å². The molecule has 0 bridgehead atoms. The molecule has 1 atom stereocenters. The summed E-state index contributed by atoms with van der Waals surface area (Å²) in [5, 5.41) is 0.648. The molecule has 0 saturated heterocycles. The van der Waals surface area contributed by atoms with E-state index in [0.29, 0.717) is 16.3 Å². The lowest BCUT2D eigenvalue weighted by Crippen LogP contribution is -2.13. The van der Waals surface area contributed by atoms with Crippen LogP contribution >= 0.6 is 23.4 Å². The van der Waals surface area contributed by atoms with Crippen molar-refractivity contribution >= 4 is 23.4 Å². The van der Waals surface area contributed by atoms with E-state index < -0.39 is 17.7 Å². The standard InChI is InChI=1S/C14H12ClF2NS/c15-10-2-1-3-13(6-10)19-8-14(18)9-4-11(16)7-12(17)5-9/h1-7,14H,8,18H2. The molecular formula is C14H12ClF2NS. The molecule has 0 aromatic heterocycles. The number of hydrogen-bond acceptors (Lipinski definition) is 2. The molecule has 0 aliphatic heterocycles. The summed E-state index contributed by atoms with van der Waals surface area (Å²) < 4.78 is 26.2. The van der Waals surface area contributed by atoms with Crippen molar-refractivity contribution in [2.24, 2.45) is 5.73 Å². The molecule has 1 nitrogen and oxygen atoms in total. The monoisotopic (exact) mass is 299 g/mol. The number of hydrogen-bond donors (Lipinski definition) is 1. The molecule has 2 aromatic carbocycles. The van der Waals surface area contributed by atoms with E-state index in [1.165, 1.54) is 23.9 Å². The van der Waals surface area contributed by atoms with E-state index in [0.717, 1.165) is 11.0 Å². The van der Waals surface area contributed by atoms with Crippen LogP contribution in [0.5, 0.6) is 0 Å². The van der Waals surface area contributed by atoms with Gasteiger partial charge in [0.05, 0.1) is 0 Å². The molecule has 0 aliphatic rings. The zero-order valence-electron chi connectivity index (χ0n) is 9.95. The molecule has 0 heterocycles. The van der Waals surface area contributed by atoms with Crippen molar-refractivity contribution in [3.63, 3.8) is 0 Å². The Morgan fingerprint density at radius 2 is 1.79 bits per heavy atom. The van der Waals surface area contributed by atoms with Gasteiger partial charge in [-0.1, -0.05) is 17.7 Å². The van der Waals surface area contributed by atoms with Gasteiger partial charge in [0.1, 0.15) is 11.6 Å². The summed E-state index contributed by atoms with van der Waals surface area (Å²) >= 11 is 7.37. The molecule has 2 rings (SSSR count). The van der Waals surface area contributed by atoms with Crippen molar-refractivity contribution in [1.82, 2.24) is 0 Å². The Morgan fingerprint density at radius 3 is 2.42 bits per heavy atom. The maximum Gasteiger partial charge on any atom is 0.126 e. The van der Waals surface area contributed by atoms with Gasteiger partial charge in [-0.15, -0.1) is 11.8 Å². The number of benzene rings is 2. The second-order valence-corrected chi connectivity index (χ2v) is 5.61. The summed E-state index contributed by atoms with van der Waals surface area (Å²) in [6.45, 7) is 0. The molecule has 0 spiro atoms. The predicted molar refractivity (Wildman–Crippen MR) is 75.5 cm³/mol. The Labute approximate surface area is 119 Å². The third kappa shape index (κ3) is 4.20. The van der Waals surface area contributed by atoms with E-state index in [1.54, 1.807) is 6.07 Å².